The molecule has 0 aliphatic carbocycles. The Morgan fingerprint density at radius 1 is 1.50 bits per heavy atom. The first-order chi connectivity index (χ1) is 11.6. The summed E-state index contributed by atoms with van der Waals surface area (Å²) in [4.78, 5) is 18.8. The Morgan fingerprint density at radius 2 is 2.25 bits per heavy atom. The number of likely N-dealkylation sites (tertiary alicyclic amines) is 1. The third-order valence-electron chi connectivity index (χ3n) is 4.28. The van der Waals surface area contributed by atoms with Gasteiger partial charge >= 0.3 is 0 Å². The normalized spacial score (nSPS) is 18.3. The minimum absolute atomic E-state index is 0.251. The number of nitrogens with zero attached hydrogens (tertiary/aromatic N) is 2. The first-order valence-electron chi connectivity index (χ1n) is 8.57. The molecule has 24 heavy (non-hydrogen) atoms. The maximum Gasteiger partial charge on any atom is 0.231 e. The molecule has 0 radical (unpaired) electrons. The Morgan fingerprint density at radius 3 is 2.83 bits per heavy atom. The van der Waals surface area contributed by atoms with Crippen LogP contribution < -0.4 is 16.4 Å². The Hall–Kier alpha value is -1.60. The minimum atomic E-state index is -0.251. The van der Waals surface area contributed by atoms with E-state index in [1.165, 1.54) is 4.88 Å². The average Bonchev–Trinajstić information content (AvgIpc) is 3.05. The van der Waals surface area contributed by atoms with Gasteiger partial charge in [-0.1, -0.05) is 13.0 Å². The molecular formula is C17H29N5OS. The lowest BCUT2D eigenvalue weighted by atomic mass is 10.1. The number of thiophene rings is 1. The molecule has 1 aliphatic rings. The molecule has 0 aromatic carbocycles. The standard InChI is InChI=1S/C17H29N5OS/c1-13(10-15-4-3-9-24-15)11-20-17(19-2)21-14-5-7-22(8-6-14)12-16(18)23/h3-4,9,13-14H,5-8,10-12H2,1-2H3,(H2,18,23)(H2,19,20,21). The molecule has 1 aromatic rings. The molecule has 0 saturated carbocycles. The van der Waals surface area contributed by atoms with Crippen molar-refractivity contribution in [1.29, 1.82) is 0 Å². The average molecular weight is 352 g/mol. The van der Waals surface area contributed by atoms with Gasteiger partial charge in [0.25, 0.3) is 0 Å². The zero-order valence-electron chi connectivity index (χ0n) is 14.6. The molecule has 4 N–H and O–H groups in total. The number of hydrogen-bond donors (Lipinski definition) is 3. The zero-order chi connectivity index (χ0) is 17.4. The van der Waals surface area contributed by atoms with Gasteiger partial charge in [0.15, 0.2) is 5.96 Å². The predicted octanol–water partition coefficient (Wildman–Crippen LogP) is 1.04. The van der Waals surface area contributed by atoms with Crippen molar-refractivity contribution in [3.8, 4) is 0 Å². The van der Waals surface area contributed by atoms with Gasteiger partial charge in [-0.05, 0) is 36.6 Å². The summed E-state index contributed by atoms with van der Waals surface area (Å²) >= 11 is 1.81. The van der Waals surface area contributed by atoms with Crippen molar-refractivity contribution in [3.63, 3.8) is 0 Å². The van der Waals surface area contributed by atoms with E-state index >= 15 is 0 Å². The van der Waals surface area contributed by atoms with Gasteiger partial charge in [0, 0.05) is 37.6 Å². The molecule has 1 fully saturated rings. The number of guanidine groups is 1. The highest BCUT2D eigenvalue weighted by atomic mass is 32.1. The largest absolute Gasteiger partial charge is 0.369 e. The van der Waals surface area contributed by atoms with Crippen LogP contribution in [-0.2, 0) is 11.2 Å². The smallest absolute Gasteiger partial charge is 0.231 e. The van der Waals surface area contributed by atoms with E-state index in [1.807, 2.05) is 18.4 Å². The number of nitrogens with two attached hydrogens (primary N) is 1. The molecule has 6 nitrogen and oxygen atoms in total. The first-order valence-corrected chi connectivity index (χ1v) is 9.45. The molecule has 1 unspecified atom stereocenters. The highest BCUT2D eigenvalue weighted by Gasteiger charge is 2.20. The van der Waals surface area contributed by atoms with Crippen molar-refractivity contribution in [3.05, 3.63) is 22.4 Å². The molecule has 0 bridgehead atoms. The predicted molar refractivity (Wildman–Crippen MR) is 100 cm³/mol. The monoisotopic (exact) mass is 351 g/mol. The summed E-state index contributed by atoms with van der Waals surface area (Å²) in [7, 11) is 1.81. The van der Waals surface area contributed by atoms with E-state index in [4.69, 9.17) is 5.73 Å². The van der Waals surface area contributed by atoms with Gasteiger partial charge in [-0.25, -0.2) is 0 Å². The molecule has 2 rings (SSSR count). The number of primary amides is 1. The Bertz CT molecular complexity index is 523. The third kappa shape index (κ3) is 6.49. The summed E-state index contributed by atoms with van der Waals surface area (Å²) < 4.78 is 0. The summed E-state index contributed by atoms with van der Waals surface area (Å²) in [5.74, 6) is 1.17. The fraction of sp³-hybridized carbons (Fsp3) is 0.647. The van der Waals surface area contributed by atoms with Crippen molar-refractivity contribution < 1.29 is 4.79 Å². The van der Waals surface area contributed by atoms with Crippen LogP contribution >= 0.6 is 11.3 Å². The van der Waals surface area contributed by atoms with Crippen LogP contribution in [0.3, 0.4) is 0 Å². The lowest BCUT2D eigenvalue weighted by Gasteiger charge is -2.32. The molecule has 1 atom stereocenters. The van der Waals surface area contributed by atoms with Gasteiger partial charge in [0.05, 0.1) is 6.54 Å². The zero-order valence-corrected chi connectivity index (χ0v) is 15.4. The molecule has 1 saturated heterocycles. The summed E-state index contributed by atoms with van der Waals surface area (Å²) in [6.07, 6.45) is 3.09. The third-order valence-corrected chi connectivity index (χ3v) is 5.18. The van der Waals surface area contributed by atoms with E-state index in [0.29, 0.717) is 18.5 Å². The molecule has 1 aliphatic heterocycles. The van der Waals surface area contributed by atoms with E-state index in [0.717, 1.165) is 44.9 Å². The van der Waals surface area contributed by atoms with Crippen LogP contribution in [0.1, 0.15) is 24.6 Å². The minimum Gasteiger partial charge on any atom is -0.369 e. The van der Waals surface area contributed by atoms with Crippen molar-refractivity contribution in [1.82, 2.24) is 15.5 Å². The number of aliphatic imine (C=N–C) groups is 1. The molecule has 7 heteroatoms. The number of carbonyl (C=O) groups is 1. The van der Waals surface area contributed by atoms with Crippen molar-refractivity contribution in [2.45, 2.75) is 32.2 Å². The van der Waals surface area contributed by atoms with Crippen LogP contribution in [0.5, 0.6) is 0 Å². The topological polar surface area (TPSA) is 82.8 Å². The molecule has 0 spiro atoms. The van der Waals surface area contributed by atoms with Crippen molar-refractivity contribution in [2.75, 3.05) is 33.2 Å². The van der Waals surface area contributed by atoms with E-state index in [9.17, 15) is 4.79 Å². The number of amides is 1. The SMILES string of the molecule is CN=C(NCC(C)Cc1cccs1)NC1CCN(CC(N)=O)CC1. The van der Waals surface area contributed by atoms with Gasteiger partial charge in [-0.2, -0.15) is 0 Å². The van der Waals surface area contributed by atoms with E-state index in [-0.39, 0.29) is 5.91 Å². The second-order valence-corrected chi connectivity index (χ2v) is 7.54. The lowest BCUT2D eigenvalue weighted by molar-refractivity contribution is -0.119. The lowest BCUT2D eigenvalue weighted by Crippen LogP contribution is -2.50. The highest BCUT2D eigenvalue weighted by Crippen LogP contribution is 2.14. The maximum atomic E-state index is 11.0. The summed E-state index contributed by atoms with van der Waals surface area (Å²) in [5.41, 5.74) is 5.25. The molecule has 134 valence electrons. The number of rotatable bonds is 7. The number of nitrogens with one attached hydrogen (secondary N) is 2. The number of piperidine rings is 1. The van der Waals surface area contributed by atoms with Crippen LogP contribution in [0, 0.1) is 5.92 Å². The van der Waals surface area contributed by atoms with Crippen molar-refractivity contribution in [2.24, 2.45) is 16.6 Å². The first kappa shape index (κ1) is 18.7. The fourth-order valence-electron chi connectivity index (χ4n) is 2.96. The molecule has 1 aromatic heterocycles. The van der Waals surface area contributed by atoms with Gasteiger partial charge in [0.2, 0.25) is 5.91 Å². The van der Waals surface area contributed by atoms with Gasteiger partial charge in [-0.15, -0.1) is 11.3 Å². The van der Waals surface area contributed by atoms with Crippen LogP contribution in [0.4, 0.5) is 0 Å². The quantitative estimate of drug-likeness (QED) is 0.506. The van der Waals surface area contributed by atoms with Gasteiger partial charge < -0.3 is 16.4 Å². The number of hydrogen-bond acceptors (Lipinski definition) is 4. The van der Waals surface area contributed by atoms with Gasteiger partial charge in [0.1, 0.15) is 0 Å². The maximum absolute atomic E-state index is 11.0. The van der Waals surface area contributed by atoms with Crippen LogP contribution in [-0.4, -0.2) is 56.0 Å². The van der Waals surface area contributed by atoms with Crippen LogP contribution in [0.25, 0.3) is 0 Å². The van der Waals surface area contributed by atoms with E-state index < -0.39 is 0 Å². The second-order valence-electron chi connectivity index (χ2n) is 6.50. The molecule has 1 amide bonds. The Kier molecular flexibility index (Phi) is 7.52. The second kappa shape index (κ2) is 9.64. The fourth-order valence-corrected chi connectivity index (χ4v) is 3.83. The van der Waals surface area contributed by atoms with Gasteiger partial charge in [-0.3, -0.25) is 14.7 Å². The summed E-state index contributed by atoms with van der Waals surface area (Å²) in [5, 5.41) is 9.05. The number of carbonyl (C=O) groups excluding carboxylic acids is 1. The van der Waals surface area contributed by atoms with Crippen LogP contribution in [0.2, 0.25) is 0 Å². The molecular weight excluding hydrogens is 322 g/mol. The summed E-state index contributed by atoms with van der Waals surface area (Å²) in [6, 6.07) is 4.69. The van der Waals surface area contributed by atoms with Crippen LogP contribution in [0.15, 0.2) is 22.5 Å². The van der Waals surface area contributed by atoms with E-state index in [1.54, 1.807) is 0 Å². The summed E-state index contributed by atoms with van der Waals surface area (Å²) in [6.45, 7) is 5.30. The van der Waals surface area contributed by atoms with E-state index in [2.05, 4.69) is 45.0 Å². The highest BCUT2D eigenvalue weighted by molar-refractivity contribution is 7.09. The molecule has 2 heterocycles. The van der Waals surface area contributed by atoms with Crippen molar-refractivity contribution >= 4 is 23.2 Å². The Balaban J connectivity index is 1.68. The Labute approximate surface area is 148 Å².